The van der Waals surface area contributed by atoms with Crippen LogP contribution in [0.1, 0.15) is 17.5 Å². The maximum Gasteiger partial charge on any atom is 0.126 e. The molecule has 1 aromatic rings. The summed E-state index contributed by atoms with van der Waals surface area (Å²) in [5.41, 5.74) is 2.18. The molecule has 0 unspecified atom stereocenters. The van der Waals surface area contributed by atoms with Gasteiger partial charge in [-0.25, -0.2) is 0 Å². The van der Waals surface area contributed by atoms with E-state index < -0.39 is 0 Å². The van der Waals surface area contributed by atoms with E-state index in [1.807, 2.05) is 19.1 Å². The minimum Gasteiger partial charge on any atom is -0.497 e. The van der Waals surface area contributed by atoms with Crippen LogP contribution >= 0.6 is 0 Å². The summed E-state index contributed by atoms with van der Waals surface area (Å²) in [6.07, 6.45) is 1.22. The summed E-state index contributed by atoms with van der Waals surface area (Å²) in [4.78, 5) is 0. The lowest BCUT2D eigenvalue weighted by Crippen LogP contribution is -1.97. The van der Waals surface area contributed by atoms with Crippen LogP contribution in [-0.2, 0) is 6.42 Å². The van der Waals surface area contributed by atoms with Crippen LogP contribution < -0.4 is 9.47 Å². The first-order valence-corrected chi connectivity index (χ1v) is 4.81. The van der Waals surface area contributed by atoms with Gasteiger partial charge in [-0.3, -0.25) is 0 Å². The Labute approximate surface area is 90.2 Å². The molecule has 0 atom stereocenters. The Morgan fingerprint density at radius 3 is 2.53 bits per heavy atom. The normalized spacial score (nSPS) is 9.47. The van der Waals surface area contributed by atoms with Gasteiger partial charge in [0.05, 0.1) is 20.3 Å². The minimum atomic E-state index is 0.504. The molecule has 0 aliphatic carbocycles. The molecule has 0 bridgehead atoms. The summed E-state index contributed by atoms with van der Waals surface area (Å²) in [5, 5.41) is 8.57. The molecule has 3 nitrogen and oxygen atoms in total. The second-order valence-electron chi connectivity index (χ2n) is 3.28. The first-order valence-electron chi connectivity index (χ1n) is 4.81. The summed E-state index contributed by atoms with van der Waals surface area (Å²) < 4.78 is 10.4. The average Bonchev–Trinajstić information content (AvgIpc) is 2.26. The van der Waals surface area contributed by atoms with Gasteiger partial charge in [0.1, 0.15) is 11.5 Å². The Morgan fingerprint density at radius 1 is 1.27 bits per heavy atom. The molecule has 1 rings (SSSR count). The van der Waals surface area contributed by atoms with Crippen molar-refractivity contribution in [2.75, 3.05) is 14.2 Å². The van der Waals surface area contributed by atoms with E-state index in [2.05, 4.69) is 6.07 Å². The van der Waals surface area contributed by atoms with Crippen LogP contribution in [0.5, 0.6) is 11.5 Å². The smallest absolute Gasteiger partial charge is 0.126 e. The number of benzene rings is 1. The maximum absolute atomic E-state index is 8.57. The van der Waals surface area contributed by atoms with E-state index in [1.165, 1.54) is 0 Å². The van der Waals surface area contributed by atoms with E-state index in [0.717, 1.165) is 29.0 Å². The topological polar surface area (TPSA) is 42.2 Å². The third-order valence-electron chi connectivity index (χ3n) is 2.35. The zero-order valence-electron chi connectivity index (χ0n) is 9.33. The summed E-state index contributed by atoms with van der Waals surface area (Å²) in [7, 11) is 3.26. The Bertz CT molecular complexity index is 380. The number of aryl methyl sites for hydroxylation is 1. The average molecular weight is 205 g/mol. The predicted molar refractivity (Wildman–Crippen MR) is 58.2 cm³/mol. The van der Waals surface area contributed by atoms with Crippen molar-refractivity contribution in [2.45, 2.75) is 19.8 Å². The summed E-state index contributed by atoms with van der Waals surface area (Å²) in [5.74, 6) is 1.58. The van der Waals surface area contributed by atoms with E-state index >= 15 is 0 Å². The number of methoxy groups -OCH3 is 2. The molecule has 0 spiro atoms. The Kier molecular flexibility index (Phi) is 3.99. The van der Waals surface area contributed by atoms with Crippen LogP contribution in [-0.4, -0.2) is 14.2 Å². The third-order valence-corrected chi connectivity index (χ3v) is 2.35. The summed E-state index contributed by atoms with van der Waals surface area (Å²) in [6.45, 7) is 2.00. The van der Waals surface area contributed by atoms with Crippen molar-refractivity contribution < 1.29 is 9.47 Å². The van der Waals surface area contributed by atoms with Crippen LogP contribution in [0.15, 0.2) is 12.1 Å². The number of nitriles is 1. The highest BCUT2D eigenvalue weighted by Crippen LogP contribution is 2.29. The van der Waals surface area contributed by atoms with Gasteiger partial charge in [-0.05, 0) is 30.5 Å². The number of ether oxygens (including phenoxy) is 2. The molecular formula is C12H15NO2. The number of hydrogen-bond donors (Lipinski definition) is 0. The first kappa shape index (κ1) is 11.4. The van der Waals surface area contributed by atoms with Crippen molar-refractivity contribution in [3.8, 4) is 17.6 Å². The van der Waals surface area contributed by atoms with Crippen molar-refractivity contribution >= 4 is 0 Å². The quantitative estimate of drug-likeness (QED) is 0.758. The third kappa shape index (κ3) is 2.63. The van der Waals surface area contributed by atoms with Gasteiger partial charge in [0, 0.05) is 12.5 Å². The molecule has 0 aliphatic rings. The van der Waals surface area contributed by atoms with Crippen LogP contribution in [0.4, 0.5) is 0 Å². The summed E-state index contributed by atoms with van der Waals surface area (Å²) in [6, 6.07) is 5.94. The molecular weight excluding hydrogens is 190 g/mol. The van der Waals surface area contributed by atoms with E-state index in [0.29, 0.717) is 6.42 Å². The first-order chi connectivity index (χ1) is 7.22. The van der Waals surface area contributed by atoms with Gasteiger partial charge in [0.15, 0.2) is 0 Å². The zero-order chi connectivity index (χ0) is 11.3. The highest BCUT2D eigenvalue weighted by Gasteiger charge is 2.08. The van der Waals surface area contributed by atoms with E-state index in [-0.39, 0.29) is 0 Å². The van der Waals surface area contributed by atoms with Gasteiger partial charge >= 0.3 is 0 Å². The molecule has 0 aliphatic heterocycles. The maximum atomic E-state index is 8.57. The molecule has 0 saturated carbocycles. The van der Waals surface area contributed by atoms with Gasteiger partial charge in [-0.1, -0.05) is 0 Å². The molecule has 0 N–H and O–H groups in total. The van der Waals surface area contributed by atoms with Crippen LogP contribution in [0.2, 0.25) is 0 Å². The molecule has 0 heterocycles. The molecule has 15 heavy (non-hydrogen) atoms. The zero-order valence-corrected chi connectivity index (χ0v) is 9.33. The van der Waals surface area contributed by atoms with Gasteiger partial charge in [-0.2, -0.15) is 5.26 Å². The van der Waals surface area contributed by atoms with Crippen molar-refractivity contribution in [2.24, 2.45) is 0 Å². The van der Waals surface area contributed by atoms with E-state index in [9.17, 15) is 0 Å². The van der Waals surface area contributed by atoms with Crippen molar-refractivity contribution in [3.05, 3.63) is 23.3 Å². The molecule has 0 saturated heterocycles. The highest BCUT2D eigenvalue weighted by molar-refractivity contribution is 5.46. The van der Waals surface area contributed by atoms with E-state index in [4.69, 9.17) is 14.7 Å². The van der Waals surface area contributed by atoms with Gasteiger partial charge in [0.25, 0.3) is 0 Å². The second kappa shape index (κ2) is 5.26. The predicted octanol–water partition coefficient (Wildman–Crippen LogP) is 2.47. The Morgan fingerprint density at radius 2 is 2.00 bits per heavy atom. The van der Waals surface area contributed by atoms with Crippen molar-refractivity contribution in [1.29, 1.82) is 5.26 Å². The largest absolute Gasteiger partial charge is 0.497 e. The number of nitrogens with zero attached hydrogens (tertiary/aromatic N) is 1. The van der Waals surface area contributed by atoms with E-state index in [1.54, 1.807) is 14.2 Å². The second-order valence-corrected chi connectivity index (χ2v) is 3.28. The molecule has 80 valence electrons. The molecule has 0 fully saturated rings. The fourth-order valence-electron chi connectivity index (χ4n) is 1.55. The molecule has 3 heteroatoms. The lowest BCUT2D eigenvalue weighted by atomic mass is 10.0. The minimum absolute atomic E-state index is 0.504. The fraction of sp³-hybridized carbons (Fsp3) is 0.417. The van der Waals surface area contributed by atoms with Gasteiger partial charge < -0.3 is 9.47 Å². The van der Waals surface area contributed by atoms with Crippen molar-refractivity contribution in [1.82, 2.24) is 0 Å². The summed E-state index contributed by atoms with van der Waals surface area (Å²) >= 11 is 0. The SMILES string of the molecule is COc1cc(C)c(CCC#N)c(OC)c1. The molecule has 0 radical (unpaired) electrons. The standard InChI is InChI=1S/C12H15NO2/c1-9-7-10(14-2)8-12(15-3)11(9)5-4-6-13/h7-8H,4-5H2,1-3H3. The van der Waals surface area contributed by atoms with Gasteiger partial charge in [0.2, 0.25) is 0 Å². The number of rotatable bonds is 4. The fourth-order valence-corrected chi connectivity index (χ4v) is 1.55. The van der Waals surface area contributed by atoms with Crippen LogP contribution in [0.3, 0.4) is 0 Å². The molecule has 0 aromatic heterocycles. The van der Waals surface area contributed by atoms with Crippen LogP contribution in [0.25, 0.3) is 0 Å². The monoisotopic (exact) mass is 205 g/mol. The molecule has 1 aromatic carbocycles. The van der Waals surface area contributed by atoms with Crippen LogP contribution in [0, 0.1) is 18.3 Å². The molecule has 0 amide bonds. The lowest BCUT2D eigenvalue weighted by Gasteiger charge is -2.12. The number of hydrogen-bond acceptors (Lipinski definition) is 3. The van der Waals surface area contributed by atoms with Gasteiger partial charge in [-0.15, -0.1) is 0 Å². The van der Waals surface area contributed by atoms with Crippen molar-refractivity contribution in [3.63, 3.8) is 0 Å². The Balaban J connectivity index is 3.08. The highest BCUT2D eigenvalue weighted by atomic mass is 16.5. The lowest BCUT2D eigenvalue weighted by molar-refractivity contribution is 0.390. The Hall–Kier alpha value is -1.69.